The summed E-state index contributed by atoms with van der Waals surface area (Å²) in [5, 5.41) is 12.0. The van der Waals surface area contributed by atoms with E-state index in [1.807, 2.05) is 0 Å². The van der Waals surface area contributed by atoms with Crippen LogP contribution in [0.1, 0.15) is 12.3 Å². The molecule has 0 radical (unpaired) electrons. The molecule has 1 amide bonds. The summed E-state index contributed by atoms with van der Waals surface area (Å²) in [6, 6.07) is 6.41. The summed E-state index contributed by atoms with van der Waals surface area (Å²) in [4.78, 5) is 19.6. The average molecular weight is 345 g/mol. The highest BCUT2D eigenvalue weighted by molar-refractivity contribution is 5.91. The number of nitrogens with one attached hydrogen (secondary N) is 1. The van der Waals surface area contributed by atoms with Crippen LogP contribution in [0.4, 0.5) is 14.6 Å². The second-order valence-electron chi connectivity index (χ2n) is 5.13. The lowest BCUT2D eigenvalue weighted by atomic mass is 10.1. The Hall–Kier alpha value is -3.29. The van der Waals surface area contributed by atoms with Gasteiger partial charge < -0.3 is 14.8 Å². The molecule has 128 valence electrons. The number of anilines is 1. The summed E-state index contributed by atoms with van der Waals surface area (Å²) in [6.07, 6.45) is 2.75. The number of pyridine rings is 1. The number of hydrogen-bond donors (Lipinski definition) is 2. The zero-order valence-electron chi connectivity index (χ0n) is 12.9. The van der Waals surface area contributed by atoms with Crippen molar-refractivity contribution in [2.45, 2.75) is 12.8 Å². The van der Waals surface area contributed by atoms with Gasteiger partial charge in [-0.15, -0.1) is 0 Å². The van der Waals surface area contributed by atoms with Gasteiger partial charge in [-0.2, -0.15) is 0 Å². The maximum absolute atomic E-state index is 13.7. The Morgan fingerprint density at radius 3 is 2.64 bits per heavy atom. The summed E-state index contributed by atoms with van der Waals surface area (Å²) in [7, 11) is 0. The van der Waals surface area contributed by atoms with Gasteiger partial charge in [-0.1, -0.05) is 6.07 Å². The first-order valence-electron chi connectivity index (χ1n) is 7.37. The molecule has 0 spiro atoms. The summed E-state index contributed by atoms with van der Waals surface area (Å²) < 4.78 is 32.8. The van der Waals surface area contributed by atoms with Gasteiger partial charge >= 0.3 is 0 Å². The minimum atomic E-state index is -0.758. The fraction of sp³-hybridized carbons (Fsp3) is 0.118. The van der Waals surface area contributed by atoms with E-state index >= 15 is 0 Å². The van der Waals surface area contributed by atoms with Crippen LogP contribution in [-0.4, -0.2) is 21.0 Å². The molecule has 1 aromatic carbocycles. The first-order valence-corrected chi connectivity index (χ1v) is 7.37. The number of aromatic nitrogens is 2. The Morgan fingerprint density at radius 1 is 1.16 bits per heavy atom. The van der Waals surface area contributed by atoms with Gasteiger partial charge in [0.05, 0.1) is 11.8 Å². The standard InChI is InChI=1S/C17H13F2N3O3/c18-10-3-1-4-11(19)16(10)13-9-21-15(25-13)7-6-14(24)22-17-12(23)5-2-8-20-17/h1-5,8-9,23H,6-7H2,(H,20,22,24). The zero-order chi connectivity index (χ0) is 17.8. The lowest BCUT2D eigenvalue weighted by molar-refractivity contribution is -0.116. The molecule has 0 saturated heterocycles. The van der Waals surface area contributed by atoms with Crippen LogP contribution in [0.5, 0.6) is 5.75 Å². The van der Waals surface area contributed by atoms with Gasteiger partial charge in [0.25, 0.3) is 0 Å². The van der Waals surface area contributed by atoms with Crippen LogP contribution in [0.25, 0.3) is 11.3 Å². The molecule has 0 atom stereocenters. The van der Waals surface area contributed by atoms with Gasteiger partial charge in [0.2, 0.25) is 5.91 Å². The number of carbonyl (C=O) groups is 1. The van der Waals surface area contributed by atoms with Gasteiger partial charge in [-0.3, -0.25) is 4.79 Å². The van der Waals surface area contributed by atoms with Crippen LogP contribution in [0.15, 0.2) is 47.1 Å². The normalized spacial score (nSPS) is 10.6. The number of amides is 1. The van der Waals surface area contributed by atoms with Crippen LogP contribution < -0.4 is 5.32 Å². The maximum Gasteiger partial charge on any atom is 0.226 e. The third kappa shape index (κ3) is 3.79. The second kappa shape index (κ2) is 7.08. The van der Waals surface area contributed by atoms with E-state index in [2.05, 4.69) is 15.3 Å². The summed E-state index contributed by atoms with van der Waals surface area (Å²) in [5.74, 6) is -1.91. The number of carbonyl (C=O) groups excluding carboxylic acids is 1. The Bertz CT molecular complexity index is 891. The van der Waals surface area contributed by atoms with Crippen molar-refractivity contribution in [1.82, 2.24) is 9.97 Å². The summed E-state index contributed by atoms with van der Waals surface area (Å²) in [5.41, 5.74) is -0.302. The number of halogens is 2. The zero-order valence-corrected chi connectivity index (χ0v) is 12.9. The van der Waals surface area contributed by atoms with Gasteiger partial charge in [0.15, 0.2) is 23.2 Å². The molecule has 2 aromatic heterocycles. The van der Waals surface area contributed by atoms with E-state index in [9.17, 15) is 18.7 Å². The number of aryl methyl sites for hydroxylation is 1. The number of hydrogen-bond acceptors (Lipinski definition) is 5. The first-order chi connectivity index (χ1) is 12.0. The molecule has 0 fully saturated rings. The largest absolute Gasteiger partial charge is 0.504 e. The smallest absolute Gasteiger partial charge is 0.226 e. The van der Waals surface area contributed by atoms with Gasteiger partial charge in [-0.05, 0) is 24.3 Å². The van der Waals surface area contributed by atoms with Gasteiger partial charge in [0.1, 0.15) is 11.6 Å². The molecular weight excluding hydrogens is 332 g/mol. The number of benzene rings is 1. The van der Waals surface area contributed by atoms with Gasteiger partial charge in [0, 0.05) is 19.0 Å². The molecule has 2 heterocycles. The molecule has 6 nitrogen and oxygen atoms in total. The Balaban J connectivity index is 1.64. The molecule has 8 heteroatoms. The van der Waals surface area contributed by atoms with Crippen molar-refractivity contribution in [3.8, 4) is 17.1 Å². The molecule has 25 heavy (non-hydrogen) atoms. The van der Waals surface area contributed by atoms with Crippen LogP contribution in [-0.2, 0) is 11.2 Å². The Kier molecular flexibility index (Phi) is 4.69. The van der Waals surface area contributed by atoms with E-state index < -0.39 is 17.5 Å². The van der Waals surface area contributed by atoms with Crippen molar-refractivity contribution in [2.75, 3.05) is 5.32 Å². The molecule has 0 unspecified atom stereocenters. The summed E-state index contributed by atoms with van der Waals surface area (Å²) in [6.45, 7) is 0. The van der Waals surface area contributed by atoms with Crippen LogP contribution in [0.3, 0.4) is 0 Å². The highest BCUT2D eigenvalue weighted by Crippen LogP contribution is 2.27. The average Bonchev–Trinajstić information content (AvgIpc) is 3.04. The van der Waals surface area contributed by atoms with E-state index in [0.717, 1.165) is 12.1 Å². The fourth-order valence-electron chi connectivity index (χ4n) is 2.18. The van der Waals surface area contributed by atoms with E-state index in [1.165, 1.54) is 30.6 Å². The third-order valence-electron chi connectivity index (χ3n) is 3.37. The van der Waals surface area contributed by atoms with Gasteiger partial charge in [-0.25, -0.2) is 18.7 Å². The predicted octanol–water partition coefficient (Wildman–Crippen LogP) is 3.29. The molecular formula is C17H13F2N3O3. The van der Waals surface area contributed by atoms with Crippen molar-refractivity contribution in [2.24, 2.45) is 0 Å². The van der Waals surface area contributed by atoms with Crippen molar-refractivity contribution in [3.63, 3.8) is 0 Å². The number of rotatable bonds is 5. The van der Waals surface area contributed by atoms with E-state index in [0.29, 0.717) is 0 Å². The van der Waals surface area contributed by atoms with Crippen molar-refractivity contribution < 1.29 is 23.1 Å². The number of oxazole rings is 1. The minimum absolute atomic E-state index is 0.00424. The first kappa shape index (κ1) is 16.6. The van der Waals surface area contributed by atoms with Crippen molar-refractivity contribution in [1.29, 1.82) is 0 Å². The quantitative estimate of drug-likeness (QED) is 0.741. The van der Waals surface area contributed by atoms with Crippen molar-refractivity contribution in [3.05, 3.63) is 60.3 Å². The highest BCUT2D eigenvalue weighted by atomic mass is 19.1. The number of nitrogens with zero attached hydrogens (tertiary/aromatic N) is 2. The summed E-state index contributed by atoms with van der Waals surface area (Å²) >= 11 is 0. The fourth-order valence-corrected chi connectivity index (χ4v) is 2.18. The molecule has 0 saturated carbocycles. The molecule has 0 aliphatic rings. The van der Waals surface area contributed by atoms with Crippen LogP contribution >= 0.6 is 0 Å². The minimum Gasteiger partial charge on any atom is -0.504 e. The third-order valence-corrected chi connectivity index (χ3v) is 3.37. The SMILES string of the molecule is O=C(CCc1ncc(-c2c(F)cccc2F)o1)Nc1ncccc1O. The molecule has 0 aliphatic heterocycles. The Morgan fingerprint density at radius 2 is 1.92 bits per heavy atom. The highest BCUT2D eigenvalue weighted by Gasteiger charge is 2.16. The molecule has 2 N–H and O–H groups in total. The molecule has 0 aliphatic carbocycles. The molecule has 3 rings (SSSR count). The van der Waals surface area contributed by atoms with Crippen LogP contribution in [0.2, 0.25) is 0 Å². The van der Waals surface area contributed by atoms with E-state index in [-0.39, 0.29) is 41.6 Å². The maximum atomic E-state index is 13.7. The molecule has 3 aromatic rings. The number of aromatic hydroxyl groups is 1. The lowest BCUT2D eigenvalue weighted by Crippen LogP contribution is -2.13. The second-order valence-corrected chi connectivity index (χ2v) is 5.13. The topological polar surface area (TPSA) is 88.3 Å². The van der Waals surface area contributed by atoms with E-state index in [1.54, 1.807) is 0 Å². The van der Waals surface area contributed by atoms with E-state index in [4.69, 9.17) is 4.42 Å². The predicted molar refractivity (Wildman–Crippen MR) is 84.7 cm³/mol. The lowest BCUT2D eigenvalue weighted by Gasteiger charge is -2.04. The van der Waals surface area contributed by atoms with Crippen LogP contribution in [0, 0.1) is 11.6 Å². The Labute approximate surface area is 141 Å². The monoisotopic (exact) mass is 345 g/mol. The van der Waals surface area contributed by atoms with Crippen molar-refractivity contribution >= 4 is 11.7 Å². The molecule has 0 bridgehead atoms.